The summed E-state index contributed by atoms with van der Waals surface area (Å²) in [4.78, 5) is 11.6. The summed E-state index contributed by atoms with van der Waals surface area (Å²) in [6.45, 7) is 6.83. The fourth-order valence-corrected chi connectivity index (χ4v) is 3.34. The van der Waals surface area contributed by atoms with Crippen LogP contribution in [0.2, 0.25) is 5.02 Å². The second-order valence-electron chi connectivity index (χ2n) is 6.49. The van der Waals surface area contributed by atoms with Crippen LogP contribution >= 0.6 is 11.6 Å². The monoisotopic (exact) mass is 295 g/mol. The summed E-state index contributed by atoms with van der Waals surface area (Å²) in [5.41, 5.74) is 1.68. The van der Waals surface area contributed by atoms with E-state index in [1.165, 1.54) is 13.5 Å². The Bertz CT molecular complexity index is 513. The number of esters is 1. The van der Waals surface area contributed by atoms with Crippen molar-refractivity contribution in [2.75, 3.05) is 12.4 Å². The van der Waals surface area contributed by atoms with E-state index in [1.54, 1.807) is 18.2 Å². The summed E-state index contributed by atoms with van der Waals surface area (Å²) >= 11 is 6.23. The van der Waals surface area contributed by atoms with E-state index in [9.17, 15) is 4.79 Å². The quantitative estimate of drug-likeness (QED) is 0.842. The van der Waals surface area contributed by atoms with Crippen LogP contribution in [0.5, 0.6) is 0 Å². The van der Waals surface area contributed by atoms with E-state index >= 15 is 0 Å². The molecule has 0 amide bonds. The first kappa shape index (κ1) is 15.2. The summed E-state index contributed by atoms with van der Waals surface area (Å²) in [6.07, 6.45) is 2.30. The summed E-state index contributed by atoms with van der Waals surface area (Å²) in [5.74, 6) is 0.243. The number of nitrogens with one attached hydrogen (secondary N) is 1. The molecule has 2 rings (SSSR count). The lowest BCUT2D eigenvalue weighted by Gasteiger charge is -2.21. The lowest BCUT2D eigenvalue weighted by Crippen LogP contribution is -2.23. The largest absolute Gasteiger partial charge is 0.465 e. The molecule has 0 spiro atoms. The van der Waals surface area contributed by atoms with Gasteiger partial charge in [0.1, 0.15) is 0 Å². The Labute approximate surface area is 125 Å². The predicted octanol–water partition coefficient (Wildman–Crippen LogP) is 4.36. The molecule has 1 N–H and O–H groups in total. The second-order valence-corrected chi connectivity index (χ2v) is 6.89. The van der Waals surface area contributed by atoms with Crippen molar-refractivity contribution in [2.24, 2.45) is 11.3 Å². The van der Waals surface area contributed by atoms with Crippen LogP contribution in [0.25, 0.3) is 0 Å². The molecule has 2 unspecified atom stereocenters. The van der Waals surface area contributed by atoms with Crippen LogP contribution in [0.15, 0.2) is 18.2 Å². The van der Waals surface area contributed by atoms with Gasteiger partial charge < -0.3 is 10.1 Å². The van der Waals surface area contributed by atoms with E-state index < -0.39 is 0 Å². The van der Waals surface area contributed by atoms with Crippen molar-refractivity contribution in [1.29, 1.82) is 0 Å². The lowest BCUT2D eigenvalue weighted by molar-refractivity contribution is 0.0601. The molecule has 0 heterocycles. The summed E-state index contributed by atoms with van der Waals surface area (Å²) in [5, 5.41) is 4.13. The number of benzene rings is 1. The van der Waals surface area contributed by atoms with Crippen LogP contribution in [0.3, 0.4) is 0 Å². The Morgan fingerprint density at radius 2 is 2.10 bits per heavy atom. The van der Waals surface area contributed by atoms with Crippen molar-refractivity contribution in [1.82, 2.24) is 0 Å². The molecule has 20 heavy (non-hydrogen) atoms. The van der Waals surface area contributed by atoms with E-state index in [0.717, 1.165) is 12.1 Å². The number of carbonyl (C=O) groups is 1. The maximum absolute atomic E-state index is 11.6. The van der Waals surface area contributed by atoms with Crippen LogP contribution in [0, 0.1) is 11.3 Å². The Kier molecular flexibility index (Phi) is 4.28. The number of carbonyl (C=O) groups excluding carboxylic acids is 1. The van der Waals surface area contributed by atoms with Gasteiger partial charge in [0.2, 0.25) is 0 Å². The third kappa shape index (κ3) is 3.26. The number of ether oxygens (including phenoxy) is 1. The second kappa shape index (κ2) is 5.65. The van der Waals surface area contributed by atoms with Crippen LogP contribution in [-0.4, -0.2) is 19.1 Å². The van der Waals surface area contributed by atoms with Gasteiger partial charge in [-0.2, -0.15) is 0 Å². The molecule has 4 heteroatoms. The van der Waals surface area contributed by atoms with Crippen LogP contribution in [0.1, 0.15) is 44.0 Å². The zero-order valence-electron chi connectivity index (χ0n) is 12.5. The van der Waals surface area contributed by atoms with E-state index in [1.807, 2.05) is 0 Å². The first-order valence-electron chi connectivity index (χ1n) is 6.97. The van der Waals surface area contributed by atoms with Gasteiger partial charge in [-0.1, -0.05) is 32.4 Å². The SMILES string of the molecule is COC(=O)c1ccc(Cl)c(NC2CC(C)(C)CC2C)c1. The molecule has 1 saturated carbocycles. The molecule has 1 aromatic rings. The Morgan fingerprint density at radius 1 is 1.40 bits per heavy atom. The van der Waals surface area contributed by atoms with Crippen LogP contribution in [0.4, 0.5) is 5.69 Å². The summed E-state index contributed by atoms with van der Waals surface area (Å²) < 4.78 is 4.75. The van der Waals surface area contributed by atoms with Gasteiger partial charge in [-0.3, -0.25) is 0 Å². The Balaban J connectivity index is 2.19. The number of anilines is 1. The van der Waals surface area contributed by atoms with Gasteiger partial charge >= 0.3 is 5.97 Å². The van der Waals surface area contributed by atoms with Crippen molar-refractivity contribution in [2.45, 2.75) is 39.7 Å². The molecule has 1 aromatic carbocycles. The van der Waals surface area contributed by atoms with Gasteiger partial charge in [0.15, 0.2) is 0 Å². The number of methoxy groups -OCH3 is 1. The number of hydrogen-bond acceptors (Lipinski definition) is 3. The predicted molar refractivity (Wildman–Crippen MR) is 82.4 cm³/mol. The third-order valence-electron chi connectivity index (χ3n) is 4.06. The van der Waals surface area contributed by atoms with Gasteiger partial charge in [-0.05, 0) is 42.4 Å². The maximum atomic E-state index is 11.6. The fraction of sp³-hybridized carbons (Fsp3) is 0.562. The molecule has 0 saturated heterocycles. The molecule has 110 valence electrons. The zero-order valence-corrected chi connectivity index (χ0v) is 13.3. The molecule has 0 radical (unpaired) electrons. The first-order valence-corrected chi connectivity index (χ1v) is 7.34. The molecule has 1 aliphatic rings. The maximum Gasteiger partial charge on any atom is 0.337 e. The number of rotatable bonds is 3. The average molecular weight is 296 g/mol. The smallest absolute Gasteiger partial charge is 0.337 e. The molecular weight excluding hydrogens is 274 g/mol. The average Bonchev–Trinajstić information content (AvgIpc) is 2.64. The molecule has 0 bridgehead atoms. The highest BCUT2D eigenvalue weighted by Gasteiger charge is 2.36. The highest BCUT2D eigenvalue weighted by atomic mass is 35.5. The first-order chi connectivity index (χ1) is 9.32. The van der Waals surface area contributed by atoms with Gasteiger partial charge in [0, 0.05) is 6.04 Å². The summed E-state index contributed by atoms with van der Waals surface area (Å²) in [6, 6.07) is 5.57. The lowest BCUT2D eigenvalue weighted by atomic mass is 9.91. The molecule has 2 atom stereocenters. The van der Waals surface area contributed by atoms with Crippen molar-refractivity contribution < 1.29 is 9.53 Å². The van der Waals surface area contributed by atoms with E-state index in [-0.39, 0.29) is 5.97 Å². The zero-order chi connectivity index (χ0) is 14.9. The highest BCUT2D eigenvalue weighted by Crippen LogP contribution is 2.42. The number of halogens is 1. The minimum Gasteiger partial charge on any atom is -0.465 e. The van der Waals surface area contributed by atoms with Gasteiger partial charge in [0.25, 0.3) is 0 Å². The minimum atomic E-state index is -0.343. The standard InChI is InChI=1S/C16H22ClNO2/c1-10-8-16(2,3)9-14(10)18-13-7-11(15(19)20-4)5-6-12(13)17/h5-7,10,14,18H,8-9H2,1-4H3. The molecule has 0 aromatic heterocycles. The Hall–Kier alpha value is -1.22. The van der Waals surface area contributed by atoms with Crippen molar-refractivity contribution in [3.05, 3.63) is 28.8 Å². The molecule has 1 aliphatic carbocycles. The van der Waals surface area contributed by atoms with E-state index in [0.29, 0.717) is 28.0 Å². The third-order valence-corrected chi connectivity index (χ3v) is 4.39. The molecular formula is C16H22ClNO2. The van der Waals surface area contributed by atoms with Gasteiger partial charge in [-0.15, -0.1) is 0 Å². The molecule has 0 aliphatic heterocycles. The Morgan fingerprint density at radius 3 is 2.65 bits per heavy atom. The van der Waals surface area contributed by atoms with Crippen LogP contribution in [-0.2, 0) is 4.74 Å². The summed E-state index contributed by atoms with van der Waals surface area (Å²) in [7, 11) is 1.38. The fourth-order valence-electron chi connectivity index (χ4n) is 3.17. The minimum absolute atomic E-state index is 0.343. The molecule has 3 nitrogen and oxygen atoms in total. The normalized spacial score (nSPS) is 24.4. The number of hydrogen-bond donors (Lipinski definition) is 1. The van der Waals surface area contributed by atoms with Crippen molar-refractivity contribution in [3.63, 3.8) is 0 Å². The van der Waals surface area contributed by atoms with Gasteiger partial charge in [0.05, 0.1) is 23.4 Å². The van der Waals surface area contributed by atoms with Crippen LogP contribution < -0.4 is 5.32 Å². The van der Waals surface area contributed by atoms with E-state index in [4.69, 9.17) is 16.3 Å². The van der Waals surface area contributed by atoms with Gasteiger partial charge in [-0.25, -0.2) is 4.79 Å². The van der Waals surface area contributed by atoms with Crippen molar-refractivity contribution in [3.8, 4) is 0 Å². The van der Waals surface area contributed by atoms with Crippen molar-refractivity contribution >= 4 is 23.3 Å². The topological polar surface area (TPSA) is 38.3 Å². The molecule has 1 fully saturated rings. The highest BCUT2D eigenvalue weighted by molar-refractivity contribution is 6.33. The van der Waals surface area contributed by atoms with E-state index in [2.05, 4.69) is 26.1 Å².